The monoisotopic (exact) mass is 377 g/mol. The van der Waals surface area contributed by atoms with E-state index in [2.05, 4.69) is 0 Å². The van der Waals surface area contributed by atoms with Crippen molar-refractivity contribution in [3.05, 3.63) is 29.8 Å². The Hall–Kier alpha value is -2.12. The molecule has 2 heterocycles. The van der Waals surface area contributed by atoms with Crippen LogP contribution in [0.25, 0.3) is 0 Å². The highest BCUT2D eigenvalue weighted by Crippen LogP contribution is 2.24. The second-order valence-corrected chi connectivity index (χ2v) is 6.86. The molecule has 2 fully saturated rings. The summed E-state index contributed by atoms with van der Waals surface area (Å²) in [5, 5.41) is 0. The third-order valence-corrected chi connectivity index (χ3v) is 4.91. The third-order valence-electron chi connectivity index (χ3n) is 4.91. The van der Waals surface area contributed by atoms with Crippen LogP contribution in [0.15, 0.2) is 24.3 Å². The Bertz CT molecular complexity index is 632. The summed E-state index contributed by atoms with van der Waals surface area (Å²) in [6, 6.07) is 7.81. The van der Waals surface area contributed by atoms with Crippen molar-refractivity contribution in [1.29, 1.82) is 0 Å². The molecule has 1 aromatic carbocycles. The summed E-state index contributed by atoms with van der Waals surface area (Å²) in [6.07, 6.45) is 3.29. The molecule has 0 aliphatic carbocycles. The Morgan fingerprint density at radius 1 is 1.22 bits per heavy atom. The second-order valence-electron chi connectivity index (χ2n) is 6.86. The van der Waals surface area contributed by atoms with Gasteiger partial charge in [-0.05, 0) is 43.4 Å². The SMILES string of the molecule is COc1ccc(COCC[C@@H]2CCC[C@H](CC(=O)N3CCOC3=O)O2)cc1. The minimum Gasteiger partial charge on any atom is -0.497 e. The van der Waals surface area contributed by atoms with Gasteiger partial charge in [0.05, 0.1) is 38.9 Å². The predicted octanol–water partition coefficient (Wildman–Crippen LogP) is 2.91. The first-order valence-corrected chi connectivity index (χ1v) is 9.49. The molecule has 0 N–H and O–H groups in total. The molecule has 2 atom stereocenters. The first-order chi connectivity index (χ1) is 13.2. The molecule has 2 saturated heterocycles. The predicted molar refractivity (Wildman–Crippen MR) is 97.5 cm³/mol. The maximum absolute atomic E-state index is 12.2. The summed E-state index contributed by atoms with van der Waals surface area (Å²) in [5.41, 5.74) is 1.10. The molecule has 1 aromatic rings. The maximum atomic E-state index is 12.2. The van der Waals surface area contributed by atoms with Gasteiger partial charge in [-0.25, -0.2) is 9.69 Å². The number of carbonyl (C=O) groups is 2. The molecule has 27 heavy (non-hydrogen) atoms. The number of rotatable bonds is 8. The number of hydrogen-bond acceptors (Lipinski definition) is 6. The molecule has 0 aromatic heterocycles. The first kappa shape index (κ1) is 19.6. The number of nitrogens with zero attached hydrogens (tertiary/aromatic N) is 1. The lowest BCUT2D eigenvalue weighted by Gasteiger charge is -2.30. The lowest BCUT2D eigenvalue weighted by atomic mass is 10.00. The van der Waals surface area contributed by atoms with Gasteiger partial charge in [0.15, 0.2) is 0 Å². The minimum atomic E-state index is -0.542. The normalized spacial score (nSPS) is 22.6. The Labute approximate surface area is 159 Å². The molecule has 0 bridgehead atoms. The van der Waals surface area contributed by atoms with Crippen LogP contribution in [-0.4, -0.2) is 56.0 Å². The van der Waals surface area contributed by atoms with Gasteiger partial charge in [0.25, 0.3) is 0 Å². The summed E-state index contributed by atoms with van der Waals surface area (Å²) in [6.45, 7) is 1.78. The van der Waals surface area contributed by atoms with E-state index >= 15 is 0 Å². The average Bonchev–Trinajstić information content (AvgIpc) is 3.12. The Morgan fingerprint density at radius 3 is 2.70 bits per heavy atom. The van der Waals surface area contributed by atoms with Crippen molar-refractivity contribution in [2.45, 2.75) is 50.9 Å². The van der Waals surface area contributed by atoms with Gasteiger partial charge < -0.3 is 18.9 Å². The molecule has 0 radical (unpaired) electrons. The number of cyclic esters (lactones) is 1. The zero-order chi connectivity index (χ0) is 19.1. The van der Waals surface area contributed by atoms with Gasteiger partial charge in [-0.15, -0.1) is 0 Å². The molecule has 148 valence electrons. The molecule has 2 amide bonds. The van der Waals surface area contributed by atoms with Gasteiger partial charge in [-0.1, -0.05) is 12.1 Å². The van der Waals surface area contributed by atoms with E-state index in [1.165, 1.54) is 4.90 Å². The summed E-state index contributed by atoms with van der Waals surface area (Å²) in [7, 11) is 1.65. The lowest BCUT2D eigenvalue weighted by Crippen LogP contribution is -2.37. The molecule has 0 unspecified atom stereocenters. The van der Waals surface area contributed by atoms with E-state index in [1.807, 2.05) is 24.3 Å². The maximum Gasteiger partial charge on any atom is 0.416 e. The number of benzene rings is 1. The van der Waals surface area contributed by atoms with Crippen LogP contribution in [0.1, 0.15) is 37.7 Å². The van der Waals surface area contributed by atoms with Crippen molar-refractivity contribution in [3.63, 3.8) is 0 Å². The van der Waals surface area contributed by atoms with Crippen LogP contribution < -0.4 is 4.74 Å². The Balaban J connectivity index is 1.35. The number of amides is 2. The van der Waals surface area contributed by atoms with E-state index < -0.39 is 6.09 Å². The molecule has 7 heteroatoms. The van der Waals surface area contributed by atoms with Gasteiger partial charge in [-0.2, -0.15) is 0 Å². The fraction of sp³-hybridized carbons (Fsp3) is 0.600. The second kappa shape index (κ2) is 9.71. The molecule has 7 nitrogen and oxygen atoms in total. The average molecular weight is 377 g/mol. The van der Waals surface area contributed by atoms with Crippen LogP contribution in [0, 0.1) is 0 Å². The first-order valence-electron chi connectivity index (χ1n) is 9.49. The van der Waals surface area contributed by atoms with Gasteiger partial charge in [-0.3, -0.25) is 4.79 Å². The van der Waals surface area contributed by atoms with E-state index in [-0.39, 0.29) is 31.1 Å². The largest absolute Gasteiger partial charge is 0.497 e. The zero-order valence-electron chi connectivity index (χ0n) is 15.7. The van der Waals surface area contributed by atoms with Crippen molar-refractivity contribution in [2.75, 3.05) is 26.9 Å². The number of imide groups is 1. The van der Waals surface area contributed by atoms with Gasteiger partial charge in [0.1, 0.15) is 12.4 Å². The molecular weight excluding hydrogens is 350 g/mol. The van der Waals surface area contributed by atoms with Crippen molar-refractivity contribution in [2.24, 2.45) is 0 Å². The summed E-state index contributed by atoms with van der Waals surface area (Å²) < 4.78 is 21.7. The van der Waals surface area contributed by atoms with Crippen molar-refractivity contribution in [3.8, 4) is 5.75 Å². The molecule has 2 aliphatic rings. The Kier molecular flexibility index (Phi) is 7.06. The van der Waals surface area contributed by atoms with Gasteiger partial charge in [0.2, 0.25) is 5.91 Å². The quantitative estimate of drug-likeness (QED) is 0.649. The van der Waals surface area contributed by atoms with E-state index in [0.29, 0.717) is 19.8 Å². The van der Waals surface area contributed by atoms with Crippen LogP contribution in [0.5, 0.6) is 5.75 Å². The summed E-state index contributed by atoms with van der Waals surface area (Å²) >= 11 is 0. The standard InChI is InChI=1S/C20H27NO6/c1-24-16-7-5-15(6-8-16)14-25-11-9-17-3-2-4-18(27-17)13-19(22)21-10-12-26-20(21)23/h5-8,17-18H,2-4,9-14H2,1H3/t17-,18+/m0/s1. The molecule has 0 saturated carbocycles. The number of carbonyl (C=O) groups excluding carboxylic acids is 2. The van der Waals surface area contributed by atoms with E-state index in [1.54, 1.807) is 7.11 Å². The fourth-order valence-electron chi connectivity index (χ4n) is 3.40. The minimum absolute atomic E-state index is 0.0953. The Morgan fingerprint density at radius 2 is 2.00 bits per heavy atom. The van der Waals surface area contributed by atoms with Crippen LogP contribution in [0.2, 0.25) is 0 Å². The van der Waals surface area contributed by atoms with Gasteiger partial charge in [0, 0.05) is 6.61 Å². The van der Waals surface area contributed by atoms with E-state index in [4.69, 9.17) is 18.9 Å². The van der Waals surface area contributed by atoms with Crippen LogP contribution in [0.4, 0.5) is 4.79 Å². The van der Waals surface area contributed by atoms with E-state index in [9.17, 15) is 9.59 Å². The van der Waals surface area contributed by atoms with E-state index in [0.717, 1.165) is 37.0 Å². The van der Waals surface area contributed by atoms with Crippen LogP contribution >= 0.6 is 0 Å². The molecular formula is C20H27NO6. The van der Waals surface area contributed by atoms with Crippen LogP contribution in [-0.2, 0) is 25.6 Å². The van der Waals surface area contributed by atoms with Crippen molar-refractivity contribution >= 4 is 12.0 Å². The molecule has 0 spiro atoms. The highest BCUT2D eigenvalue weighted by atomic mass is 16.6. The zero-order valence-corrected chi connectivity index (χ0v) is 15.7. The highest BCUT2D eigenvalue weighted by Gasteiger charge is 2.32. The number of ether oxygens (including phenoxy) is 4. The summed E-state index contributed by atoms with van der Waals surface area (Å²) in [4.78, 5) is 24.8. The summed E-state index contributed by atoms with van der Waals surface area (Å²) in [5.74, 6) is 0.621. The number of hydrogen-bond donors (Lipinski definition) is 0. The molecule has 3 rings (SSSR count). The molecule has 2 aliphatic heterocycles. The van der Waals surface area contributed by atoms with Crippen molar-refractivity contribution < 1.29 is 28.5 Å². The lowest BCUT2D eigenvalue weighted by molar-refractivity contribution is -0.134. The van der Waals surface area contributed by atoms with Crippen LogP contribution in [0.3, 0.4) is 0 Å². The highest BCUT2D eigenvalue weighted by molar-refractivity contribution is 5.93. The third kappa shape index (κ3) is 5.68. The number of methoxy groups -OCH3 is 1. The topological polar surface area (TPSA) is 74.3 Å². The van der Waals surface area contributed by atoms with Crippen molar-refractivity contribution in [1.82, 2.24) is 4.90 Å². The van der Waals surface area contributed by atoms with Gasteiger partial charge >= 0.3 is 6.09 Å². The smallest absolute Gasteiger partial charge is 0.416 e. The fourth-order valence-corrected chi connectivity index (χ4v) is 3.40.